The van der Waals surface area contributed by atoms with Crippen LogP contribution < -0.4 is 5.32 Å². The Bertz CT molecular complexity index is 523. The molecular weight excluding hydrogens is 341 g/mol. The molecule has 0 saturated carbocycles. The third-order valence-electron chi connectivity index (χ3n) is 2.53. The summed E-state index contributed by atoms with van der Waals surface area (Å²) in [4.78, 5) is 8.95. The van der Waals surface area contributed by atoms with Crippen molar-refractivity contribution in [3.05, 3.63) is 22.0 Å². The summed E-state index contributed by atoms with van der Waals surface area (Å²) in [6, 6.07) is 1.94. The van der Waals surface area contributed by atoms with Crippen LogP contribution in [0, 0.1) is 3.57 Å². The quantitative estimate of drug-likeness (QED) is 0.837. The molecule has 0 radical (unpaired) electrons. The smallest absolute Gasteiger partial charge is 0.179 e. The minimum absolute atomic E-state index is 0.716. The van der Waals surface area contributed by atoms with Gasteiger partial charge in [0.2, 0.25) is 0 Å². The van der Waals surface area contributed by atoms with Crippen LogP contribution in [0.4, 0.5) is 5.82 Å². The second kappa shape index (κ2) is 6.12. The van der Waals surface area contributed by atoms with E-state index in [4.69, 9.17) is 0 Å². The number of nitrogens with one attached hydrogen (secondary N) is 1. The summed E-state index contributed by atoms with van der Waals surface area (Å²) >= 11 is 2.24. The molecule has 6 heteroatoms. The summed E-state index contributed by atoms with van der Waals surface area (Å²) in [5.41, 5.74) is 0.952. The highest BCUT2D eigenvalue weighted by atomic mass is 127. The number of nitrogens with zero attached hydrogens (tertiary/aromatic N) is 4. The molecular formula is C12H16IN5. The lowest BCUT2D eigenvalue weighted by Gasteiger charge is -2.08. The first-order valence-corrected chi connectivity index (χ1v) is 7.12. The predicted molar refractivity (Wildman–Crippen MR) is 80.4 cm³/mol. The molecule has 18 heavy (non-hydrogen) atoms. The van der Waals surface area contributed by atoms with Crippen LogP contribution in [0.5, 0.6) is 0 Å². The topological polar surface area (TPSA) is 55.6 Å². The van der Waals surface area contributed by atoms with Crippen LogP contribution in [0.1, 0.15) is 20.3 Å². The predicted octanol–water partition coefficient (Wildman–Crippen LogP) is 2.79. The van der Waals surface area contributed by atoms with Crippen molar-refractivity contribution in [1.82, 2.24) is 19.7 Å². The summed E-state index contributed by atoms with van der Waals surface area (Å²) in [7, 11) is 0. The Morgan fingerprint density at radius 1 is 1.39 bits per heavy atom. The molecule has 0 aliphatic heterocycles. The maximum atomic E-state index is 4.57. The first kappa shape index (κ1) is 13.3. The van der Waals surface area contributed by atoms with Gasteiger partial charge in [-0.05, 0) is 42.0 Å². The molecule has 0 amide bonds. The lowest BCUT2D eigenvalue weighted by atomic mass is 10.4. The SMILES string of the molecule is CCCNc1nc(-c2ccnn2CC)ncc1I. The Morgan fingerprint density at radius 2 is 2.22 bits per heavy atom. The summed E-state index contributed by atoms with van der Waals surface area (Å²) in [5, 5.41) is 7.55. The van der Waals surface area contributed by atoms with E-state index in [1.54, 1.807) is 6.20 Å². The van der Waals surface area contributed by atoms with Gasteiger partial charge in [0.15, 0.2) is 5.82 Å². The van der Waals surface area contributed by atoms with Crippen molar-refractivity contribution in [2.75, 3.05) is 11.9 Å². The van der Waals surface area contributed by atoms with Gasteiger partial charge in [0, 0.05) is 25.5 Å². The van der Waals surface area contributed by atoms with Crippen molar-refractivity contribution in [3.8, 4) is 11.5 Å². The molecule has 0 spiro atoms. The molecule has 1 N–H and O–H groups in total. The maximum absolute atomic E-state index is 4.57. The van der Waals surface area contributed by atoms with Gasteiger partial charge in [0.25, 0.3) is 0 Å². The highest BCUT2D eigenvalue weighted by Crippen LogP contribution is 2.20. The van der Waals surface area contributed by atoms with Crippen LogP contribution in [0.2, 0.25) is 0 Å². The van der Waals surface area contributed by atoms with Crippen LogP contribution in [0.15, 0.2) is 18.5 Å². The van der Waals surface area contributed by atoms with Crippen LogP contribution in [-0.4, -0.2) is 26.3 Å². The summed E-state index contributed by atoms with van der Waals surface area (Å²) in [5.74, 6) is 1.61. The fourth-order valence-electron chi connectivity index (χ4n) is 1.63. The number of halogens is 1. The number of anilines is 1. The number of aryl methyl sites for hydroxylation is 1. The van der Waals surface area contributed by atoms with E-state index in [9.17, 15) is 0 Å². The van der Waals surface area contributed by atoms with Gasteiger partial charge >= 0.3 is 0 Å². The maximum Gasteiger partial charge on any atom is 0.179 e. The van der Waals surface area contributed by atoms with Crippen LogP contribution in [-0.2, 0) is 6.54 Å². The van der Waals surface area contributed by atoms with E-state index in [-0.39, 0.29) is 0 Å². The van der Waals surface area contributed by atoms with Crippen molar-refractivity contribution < 1.29 is 0 Å². The first-order valence-electron chi connectivity index (χ1n) is 6.04. The Balaban J connectivity index is 2.34. The van der Waals surface area contributed by atoms with E-state index in [0.717, 1.165) is 34.6 Å². The zero-order valence-corrected chi connectivity index (χ0v) is 12.7. The number of hydrogen-bond acceptors (Lipinski definition) is 4. The Hall–Kier alpha value is -1.18. The second-order valence-corrected chi connectivity index (χ2v) is 5.01. The van der Waals surface area contributed by atoms with Crippen molar-refractivity contribution in [3.63, 3.8) is 0 Å². The molecule has 0 fully saturated rings. The van der Waals surface area contributed by atoms with Crippen LogP contribution >= 0.6 is 22.6 Å². The third-order valence-corrected chi connectivity index (χ3v) is 3.32. The van der Waals surface area contributed by atoms with Crippen molar-refractivity contribution in [2.45, 2.75) is 26.8 Å². The molecule has 0 aromatic carbocycles. The minimum atomic E-state index is 0.716. The van der Waals surface area contributed by atoms with Crippen molar-refractivity contribution >= 4 is 28.4 Å². The fraction of sp³-hybridized carbons (Fsp3) is 0.417. The van der Waals surface area contributed by atoms with E-state index >= 15 is 0 Å². The Morgan fingerprint density at radius 3 is 2.94 bits per heavy atom. The molecule has 0 unspecified atom stereocenters. The van der Waals surface area contributed by atoms with E-state index in [1.165, 1.54) is 0 Å². The highest BCUT2D eigenvalue weighted by Gasteiger charge is 2.10. The Labute approximate surface area is 120 Å². The summed E-state index contributed by atoms with van der Waals surface area (Å²) < 4.78 is 2.93. The highest BCUT2D eigenvalue weighted by molar-refractivity contribution is 14.1. The van der Waals surface area contributed by atoms with Gasteiger partial charge in [-0.1, -0.05) is 6.92 Å². The van der Waals surface area contributed by atoms with Gasteiger partial charge in [-0.15, -0.1) is 0 Å². The average Bonchev–Trinajstić information content (AvgIpc) is 2.86. The summed E-state index contributed by atoms with van der Waals surface area (Å²) in [6.07, 6.45) is 4.69. The van der Waals surface area contributed by atoms with Gasteiger partial charge in [0.05, 0.1) is 3.57 Å². The van der Waals surface area contributed by atoms with E-state index in [0.29, 0.717) is 5.82 Å². The van der Waals surface area contributed by atoms with Crippen molar-refractivity contribution in [2.24, 2.45) is 0 Å². The Kier molecular flexibility index (Phi) is 4.51. The molecule has 96 valence electrons. The van der Waals surface area contributed by atoms with Gasteiger partial charge in [-0.3, -0.25) is 4.68 Å². The van der Waals surface area contributed by atoms with E-state index in [1.807, 2.05) is 16.9 Å². The number of rotatable bonds is 5. The van der Waals surface area contributed by atoms with Gasteiger partial charge in [-0.2, -0.15) is 5.10 Å². The largest absolute Gasteiger partial charge is 0.369 e. The molecule has 0 saturated heterocycles. The van der Waals surface area contributed by atoms with Crippen molar-refractivity contribution in [1.29, 1.82) is 0 Å². The lowest BCUT2D eigenvalue weighted by molar-refractivity contribution is 0.663. The standard InChI is InChI=1S/C12H16IN5/c1-3-6-14-11-9(13)8-15-12(17-11)10-5-7-16-18(10)4-2/h5,7-8H,3-4,6H2,1-2H3,(H,14,15,17). The normalized spacial score (nSPS) is 10.6. The fourth-order valence-corrected chi connectivity index (χ4v) is 2.08. The molecule has 2 aromatic rings. The zero-order chi connectivity index (χ0) is 13.0. The molecule has 5 nitrogen and oxygen atoms in total. The average molecular weight is 357 g/mol. The van der Waals surface area contributed by atoms with E-state index < -0.39 is 0 Å². The van der Waals surface area contributed by atoms with Crippen LogP contribution in [0.3, 0.4) is 0 Å². The molecule has 2 heterocycles. The third kappa shape index (κ3) is 2.80. The number of hydrogen-bond donors (Lipinski definition) is 1. The van der Waals surface area contributed by atoms with Gasteiger partial charge in [0.1, 0.15) is 11.5 Å². The zero-order valence-electron chi connectivity index (χ0n) is 10.5. The molecule has 0 aliphatic carbocycles. The first-order chi connectivity index (χ1) is 8.76. The molecule has 2 rings (SSSR count). The van der Waals surface area contributed by atoms with Gasteiger partial charge < -0.3 is 5.32 Å². The van der Waals surface area contributed by atoms with E-state index in [2.05, 4.69) is 56.8 Å². The minimum Gasteiger partial charge on any atom is -0.369 e. The molecule has 0 aliphatic rings. The number of aromatic nitrogens is 4. The lowest BCUT2D eigenvalue weighted by Crippen LogP contribution is -2.07. The molecule has 0 atom stereocenters. The second-order valence-electron chi connectivity index (χ2n) is 3.85. The van der Waals surface area contributed by atoms with Crippen LogP contribution in [0.25, 0.3) is 11.5 Å². The molecule has 2 aromatic heterocycles. The summed E-state index contributed by atoms with van der Waals surface area (Å²) in [6.45, 7) is 5.92. The molecule has 0 bridgehead atoms. The monoisotopic (exact) mass is 357 g/mol. The van der Waals surface area contributed by atoms with Gasteiger partial charge in [-0.25, -0.2) is 9.97 Å².